The number of pyridine rings is 1. The summed E-state index contributed by atoms with van der Waals surface area (Å²) in [6.45, 7) is 2.05. The number of halogens is 1. The molecule has 1 aliphatic carbocycles. The van der Waals surface area contributed by atoms with E-state index in [1.54, 1.807) is 17.2 Å². The van der Waals surface area contributed by atoms with Crippen molar-refractivity contribution in [3.05, 3.63) is 53.8 Å². The second-order valence-corrected chi connectivity index (χ2v) is 5.74. The summed E-state index contributed by atoms with van der Waals surface area (Å²) in [5.74, 6) is 6.09. The lowest BCUT2D eigenvalue weighted by Crippen LogP contribution is -2.19. The summed E-state index contributed by atoms with van der Waals surface area (Å²) >= 11 is 0. The molecule has 0 saturated heterocycles. The zero-order valence-electron chi connectivity index (χ0n) is 12.9. The Morgan fingerprint density at radius 1 is 1.32 bits per heavy atom. The smallest absolute Gasteiger partial charge is 0.143 e. The molecule has 2 unspecified atom stereocenters. The molecule has 2 atom stereocenters. The van der Waals surface area contributed by atoms with Crippen molar-refractivity contribution >= 4 is 11.0 Å². The zero-order chi connectivity index (χ0) is 15.7. The number of aromatic nitrogens is 2. The van der Waals surface area contributed by atoms with Gasteiger partial charge in [-0.15, -0.1) is 0 Å². The van der Waals surface area contributed by atoms with Gasteiger partial charge in [-0.25, -0.2) is 9.37 Å². The van der Waals surface area contributed by atoms with Crippen LogP contribution in [0, 0.1) is 23.7 Å². The molecule has 0 fully saturated rings. The molecule has 3 rings (SSSR count). The molecule has 0 radical (unpaired) electrons. The number of fused-ring (bicyclic) bond motifs is 1. The maximum atomic E-state index is 14.1. The Kier molecular flexibility index (Phi) is 3.72. The van der Waals surface area contributed by atoms with Crippen molar-refractivity contribution in [2.45, 2.75) is 6.92 Å². The monoisotopic (exact) mass is 295 g/mol. The van der Waals surface area contributed by atoms with Gasteiger partial charge in [0.15, 0.2) is 0 Å². The van der Waals surface area contributed by atoms with Crippen LogP contribution in [0.2, 0.25) is 0 Å². The van der Waals surface area contributed by atoms with Gasteiger partial charge >= 0.3 is 0 Å². The quantitative estimate of drug-likeness (QED) is 0.817. The summed E-state index contributed by atoms with van der Waals surface area (Å²) in [6.07, 6.45) is 5.28. The van der Waals surface area contributed by atoms with Gasteiger partial charge in [-0.1, -0.05) is 18.9 Å². The molecule has 0 spiro atoms. The minimum Gasteiger partial charge on any atom is -0.376 e. The molecular formula is C18H18FN3. The van der Waals surface area contributed by atoms with Gasteiger partial charge in [-0.05, 0) is 36.1 Å². The molecular weight excluding hydrogens is 277 g/mol. The van der Waals surface area contributed by atoms with Crippen LogP contribution in [0.5, 0.6) is 0 Å². The maximum absolute atomic E-state index is 14.1. The number of aromatic amines is 1. The number of likely N-dealkylation sites (N-methyl/N-ethyl adjacent to an activating group) is 1. The summed E-state index contributed by atoms with van der Waals surface area (Å²) in [5, 5.41) is 1.03. The van der Waals surface area contributed by atoms with Gasteiger partial charge in [0.2, 0.25) is 0 Å². The minimum atomic E-state index is -0.208. The van der Waals surface area contributed by atoms with Gasteiger partial charge in [0, 0.05) is 31.6 Å². The number of H-pyrrole nitrogens is 1. The van der Waals surface area contributed by atoms with Gasteiger partial charge in [0.25, 0.3) is 0 Å². The molecule has 22 heavy (non-hydrogen) atoms. The van der Waals surface area contributed by atoms with Gasteiger partial charge in [-0.3, -0.25) is 0 Å². The van der Waals surface area contributed by atoms with Crippen LogP contribution in [0.15, 0.2) is 48.1 Å². The Morgan fingerprint density at radius 2 is 2.14 bits per heavy atom. The first-order valence-electron chi connectivity index (χ1n) is 7.26. The van der Waals surface area contributed by atoms with E-state index in [1.807, 2.05) is 38.4 Å². The number of hydrogen-bond donors (Lipinski definition) is 1. The van der Waals surface area contributed by atoms with E-state index >= 15 is 0 Å². The molecule has 2 aromatic rings. The van der Waals surface area contributed by atoms with Crippen molar-refractivity contribution in [1.29, 1.82) is 0 Å². The van der Waals surface area contributed by atoms with Crippen LogP contribution in [0.3, 0.4) is 0 Å². The highest BCUT2D eigenvalue weighted by Gasteiger charge is 2.21. The van der Waals surface area contributed by atoms with Crippen LogP contribution >= 0.6 is 0 Å². The Hall–Kier alpha value is -2.54. The van der Waals surface area contributed by atoms with Crippen molar-refractivity contribution in [2.24, 2.45) is 11.8 Å². The van der Waals surface area contributed by atoms with E-state index in [0.29, 0.717) is 5.70 Å². The van der Waals surface area contributed by atoms with Crippen molar-refractivity contribution in [1.82, 2.24) is 14.9 Å². The first kappa shape index (κ1) is 14.4. The number of nitrogens with one attached hydrogen (secondary N) is 1. The molecule has 2 aromatic heterocycles. The molecule has 0 bridgehead atoms. The maximum Gasteiger partial charge on any atom is 0.143 e. The number of allylic oxidation sites excluding steroid dienone is 3. The topological polar surface area (TPSA) is 31.9 Å². The Balaban J connectivity index is 1.85. The third kappa shape index (κ3) is 2.75. The summed E-state index contributed by atoms with van der Waals surface area (Å²) in [6, 6.07) is 5.84. The van der Waals surface area contributed by atoms with Crippen molar-refractivity contribution in [3.8, 4) is 11.8 Å². The molecule has 0 aromatic carbocycles. The Morgan fingerprint density at radius 3 is 2.86 bits per heavy atom. The van der Waals surface area contributed by atoms with E-state index in [9.17, 15) is 4.39 Å². The Bertz CT molecular complexity index is 784. The fourth-order valence-electron chi connectivity index (χ4n) is 2.55. The highest BCUT2D eigenvalue weighted by molar-refractivity contribution is 5.77. The van der Waals surface area contributed by atoms with Crippen LogP contribution in [-0.2, 0) is 0 Å². The largest absolute Gasteiger partial charge is 0.376 e. The van der Waals surface area contributed by atoms with Crippen LogP contribution < -0.4 is 0 Å². The summed E-state index contributed by atoms with van der Waals surface area (Å²) in [5.41, 5.74) is 2.25. The molecule has 3 nitrogen and oxygen atoms in total. The number of rotatable bonds is 1. The lowest BCUT2D eigenvalue weighted by atomic mass is 9.88. The molecule has 1 aliphatic rings. The highest BCUT2D eigenvalue weighted by Crippen LogP contribution is 2.29. The van der Waals surface area contributed by atoms with Crippen LogP contribution in [0.4, 0.5) is 4.39 Å². The van der Waals surface area contributed by atoms with Crippen molar-refractivity contribution < 1.29 is 4.39 Å². The van der Waals surface area contributed by atoms with E-state index in [2.05, 4.69) is 28.7 Å². The first-order chi connectivity index (χ1) is 10.5. The molecule has 1 N–H and O–H groups in total. The molecule has 4 heteroatoms. The third-order valence-corrected chi connectivity index (χ3v) is 3.80. The lowest BCUT2D eigenvalue weighted by Gasteiger charge is -2.24. The average Bonchev–Trinajstić information content (AvgIpc) is 2.90. The van der Waals surface area contributed by atoms with Gasteiger partial charge < -0.3 is 9.88 Å². The average molecular weight is 295 g/mol. The second kappa shape index (κ2) is 5.69. The van der Waals surface area contributed by atoms with E-state index in [1.165, 1.54) is 0 Å². The van der Waals surface area contributed by atoms with Crippen molar-refractivity contribution in [2.75, 3.05) is 14.1 Å². The zero-order valence-corrected chi connectivity index (χ0v) is 12.9. The van der Waals surface area contributed by atoms with Crippen LogP contribution in [0.1, 0.15) is 12.6 Å². The van der Waals surface area contributed by atoms with Gasteiger partial charge in [-0.2, -0.15) is 0 Å². The number of nitrogens with zero attached hydrogens (tertiary/aromatic N) is 2. The second-order valence-electron chi connectivity index (χ2n) is 5.74. The molecule has 0 saturated carbocycles. The predicted molar refractivity (Wildman–Crippen MR) is 86.6 cm³/mol. The number of hydrogen-bond acceptors (Lipinski definition) is 2. The minimum absolute atomic E-state index is 0.122. The predicted octanol–water partition coefficient (Wildman–Crippen LogP) is 3.48. The van der Waals surface area contributed by atoms with Gasteiger partial charge in [0.1, 0.15) is 11.5 Å². The SMILES string of the molecule is CC1C=C(N(C)C)C(F)=CC1C#Cc1cc2cccnc2[nH]1. The van der Waals surface area contributed by atoms with Gasteiger partial charge in [0.05, 0.1) is 11.4 Å². The summed E-state index contributed by atoms with van der Waals surface area (Å²) in [7, 11) is 3.69. The molecule has 0 aliphatic heterocycles. The first-order valence-corrected chi connectivity index (χ1v) is 7.26. The molecule has 2 heterocycles. The van der Waals surface area contributed by atoms with Crippen molar-refractivity contribution in [3.63, 3.8) is 0 Å². The highest BCUT2D eigenvalue weighted by atomic mass is 19.1. The fraction of sp³-hybridized carbons (Fsp3) is 0.278. The van der Waals surface area contributed by atoms with E-state index in [-0.39, 0.29) is 17.7 Å². The van der Waals surface area contributed by atoms with E-state index in [0.717, 1.165) is 16.7 Å². The Labute approximate surface area is 129 Å². The molecule has 0 amide bonds. The normalized spacial score (nSPS) is 20.9. The van der Waals surface area contributed by atoms with Crippen LogP contribution in [0.25, 0.3) is 11.0 Å². The summed E-state index contributed by atoms with van der Waals surface area (Å²) in [4.78, 5) is 9.20. The third-order valence-electron chi connectivity index (χ3n) is 3.80. The van der Waals surface area contributed by atoms with Crippen LogP contribution in [-0.4, -0.2) is 29.0 Å². The fourth-order valence-corrected chi connectivity index (χ4v) is 2.55. The van der Waals surface area contributed by atoms with E-state index < -0.39 is 0 Å². The standard InChI is InChI=1S/C18H18FN3/c1-12-9-17(22(2)3)16(19)11-13(12)6-7-15-10-14-5-4-8-20-18(14)21-15/h4-5,8-13H,1-3H3,(H,20,21). The van der Waals surface area contributed by atoms with E-state index in [4.69, 9.17) is 0 Å². The summed E-state index contributed by atoms with van der Waals surface area (Å²) < 4.78 is 14.1. The lowest BCUT2D eigenvalue weighted by molar-refractivity contribution is 0.443. The molecule has 112 valence electrons.